The van der Waals surface area contributed by atoms with Gasteiger partial charge in [0.2, 0.25) is 5.89 Å². The zero-order chi connectivity index (χ0) is 13.4. The van der Waals surface area contributed by atoms with Crippen molar-refractivity contribution in [3.63, 3.8) is 0 Å². The zero-order valence-corrected chi connectivity index (χ0v) is 11.5. The van der Waals surface area contributed by atoms with Crippen LogP contribution in [-0.4, -0.2) is 24.7 Å². The third kappa shape index (κ3) is 2.17. The molecule has 0 bridgehead atoms. The van der Waals surface area contributed by atoms with Crippen molar-refractivity contribution in [3.8, 4) is 0 Å². The molecule has 0 atom stereocenters. The predicted octanol–water partition coefficient (Wildman–Crippen LogP) is 2.34. The average molecular weight is 275 g/mol. The number of nitrogens with one attached hydrogen (secondary N) is 1. The van der Waals surface area contributed by atoms with Crippen molar-refractivity contribution in [2.24, 2.45) is 0 Å². The van der Waals surface area contributed by atoms with Crippen LogP contribution in [0, 0.1) is 18.6 Å². The van der Waals surface area contributed by atoms with Gasteiger partial charge in [0.25, 0.3) is 0 Å². The number of pyridine rings is 1. The lowest BCUT2D eigenvalue weighted by Gasteiger charge is -2.01. The Bertz CT molecular complexity index is 785. The number of fused-ring (bicyclic) bond motifs is 1. The Hall–Kier alpha value is -2.02. The third-order valence-electron chi connectivity index (χ3n) is 2.99. The molecule has 98 valence electrons. The molecule has 0 saturated carbocycles. The molecule has 0 aliphatic heterocycles. The van der Waals surface area contributed by atoms with E-state index in [1.54, 1.807) is 13.1 Å². The Morgan fingerprint density at radius 1 is 1.42 bits per heavy atom. The van der Waals surface area contributed by atoms with E-state index in [0.29, 0.717) is 29.5 Å². The van der Waals surface area contributed by atoms with E-state index in [-0.39, 0.29) is 0 Å². The molecule has 0 saturated heterocycles. The van der Waals surface area contributed by atoms with Crippen LogP contribution in [-0.2, 0) is 13.0 Å². The van der Waals surface area contributed by atoms with E-state index < -0.39 is 0 Å². The van der Waals surface area contributed by atoms with E-state index in [0.717, 1.165) is 16.7 Å². The number of H-pyrrole nitrogens is 1. The summed E-state index contributed by atoms with van der Waals surface area (Å²) in [7, 11) is 0. The van der Waals surface area contributed by atoms with Crippen LogP contribution in [0.15, 0.2) is 16.8 Å². The molecule has 0 aromatic carbocycles. The first-order valence-corrected chi connectivity index (χ1v) is 6.39. The molecule has 0 fully saturated rings. The van der Waals surface area contributed by atoms with Crippen molar-refractivity contribution in [2.75, 3.05) is 0 Å². The summed E-state index contributed by atoms with van der Waals surface area (Å²) in [5.41, 5.74) is 2.97. The van der Waals surface area contributed by atoms with Gasteiger partial charge in [0.05, 0.1) is 5.52 Å². The van der Waals surface area contributed by atoms with Crippen LogP contribution in [0.3, 0.4) is 0 Å². The first kappa shape index (κ1) is 12.0. The Morgan fingerprint density at radius 3 is 3.00 bits per heavy atom. The van der Waals surface area contributed by atoms with Gasteiger partial charge in [0.1, 0.15) is 0 Å². The summed E-state index contributed by atoms with van der Waals surface area (Å²) >= 11 is 5.33. The van der Waals surface area contributed by atoms with Gasteiger partial charge >= 0.3 is 0 Å². The fourth-order valence-electron chi connectivity index (χ4n) is 2.03. The Kier molecular flexibility index (Phi) is 2.90. The van der Waals surface area contributed by atoms with Crippen molar-refractivity contribution in [1.82, 2.24) is 24.7 Å². The third-order valence-corrected chi connectivity index (χ3v) is 3.31. The van der Waals surface area contributed by atoms with Crippen LogP contribution >= 0.6 is 12.2 Å². The Balaban J connectivity index is 1.95. The lowest BCUT2D eigenvalue weighted by atomic mass is 10.3. The fraction of sp³-hybridized carbons (Fsp3) is 0.333. The number of nitrogens with zero attached hydrogens (tertiary/aromatic N) is 4. The van der Waals surface area contributed by atoms with E-state index in [1.807, 2.05) is 17.6 Å². The number of aromatic nitrogens is 5. The van der Waals surface area contributed by atoms with E-state index in [2.05, 4.69) is 20.1 Å². The van der Waals surface area contributed by atoms with Crippen LogP contribution in [0.5, 0.6) is 0 Å². The number of imidazole rings is 1. The Morgan fingerprint density at radius 2 is 2.26 bits per heavy atom. The summed E-state index contributed by atoms with van der Waals surface area (Å²) in [6.07, 6.45) is 2.42. The molecule has 0 spiro atoms. The number of hydrogen-bond acceptors (Lipinski definition) is 5. The normalized spacial score (nSPS) is 11.3. The first-order valence-electron chi connectivity index (χ1n) is 5.98. The maximum atomic E-state index is 5.33. The standard InChI is InChI=1S/C12H13N5OS/c1-7-3-5-13-11-10(7)15-12(19)17(11)6-4-9-14-8(2)16-18-9/h3,5H,4,6H2,1-2H3,(H,15,19). The number of hydrogen-bond donors (Lipinski definition) is 1. The van der Waals surface area contributed by atoms with Gasteiger partial charge in [-0.2, -0.15) is 4.98 Å². The van der Waals surface area contributed by atoms with Crippen molar-refractivity contribution in [1.29, 1.82) is 0 Å². The highest BCUT2D eigenvalue weighted by atomic mass is 32.1. The highest BCUT2D eigenvalue weighted by molar-refractivity contribution is 7.71. The number of aryl methyl sites for hydroxylation is 4. The SMILES string of the molecule is Cc1noc(CCn2c(=S)[nH]c3c(C)ccnc32)n1. The summed E-state index contributed by atoms with van der Waals surface area (Å²) in [4.78, 5) is 11.7. The minimum atomic E-state index is 0.612. The average Bonchev–Trinajstić information content (AvgIpc) is 2.92. The number of rotatable bonds is 3. The monoisotopic (exact) mass is 275 g/mol. The molecule has 3 aromatic heterocycles. The second-order valence-electron chi connectivity index (χ2n) is 4.39. The maximum Gasteiger partial charge on any atom is 0.228 e. The predicted molar refractivity (Wildman–Crippen MR) is 72.4 cm³/mol. The van der Waals surface area contributed by atoms with Crippen molar-refractivity contribution < 1.29 is 4.52 Å². The fourth-order valence-corrected chi connectivity index (χ4v) is 2.31. The van der Waals surface area contributed by atoms with Crippen LogP contribution in [0.25, 0.3) is 11.2 Å². The van der Waals surface area contributed by atoms with Crippen LogP contribution in [0.1, 0.15) is 17.3 Å². The molecule has 0 aliphatic carbocycles. The molecule has 7 heteroatoms. The van der Waals surface area contributed by atoms with Crippen LogP contribution in [0.4, 0.5) is 0 Å². The summed E-state index contributed by atoms with van der Waals surface area (Å²) < 4.78 is 7.71. The quantitative estimate of drug-likeness (QED) is 0.743. The second kappa shape index (κ2) is 4.58. The van der Waals surface area contributed by atoms with Gasteiger partial charge < -0.3 is 14.1 Å². The molecule has 3 heterocycles. The van der Waals surface area contributed by atoms with E-state index in [4.69, 9.17) is 16.7 Å². The maximum absolute atomic E-state index is 5.33. The highest BCUT2D eigenvalue weighted by Gasteiger charge is 2.09. The van der Waals surface area contributed by atoms with Crippen LogP contribution in [0.2, 0.25) is 0 Å². The summed E-state index contributed by atoms with van der Waals surface area (Å²) in [5, 5.41) is 3.77. The molecular weight excluding hydrogens is 262 g/mol. The van der Waals surface area contributed by atoms with Gasteiger partial charge in [-0.15, -0.1) is 0 Å². The van der Waals surface area contributed by atoms with Gasteiger partial charge in [-0.05, 0) is 37.7 Å². The minimum absolute atomic E-state index is 0.612. The van der Waals surface area contributed by atoms with Crippen molar-refractivity contribution in [3.05, 3.63) is 34.3 Å². The van der Waals surface area contributed by atoms with Gasteiger partial charge in [-0.3, -0.25) is 0 Å². The van der Waals surface area contributed by atoms with E-state index in [1.165, 1.54) is 0 Å². The van der Waals surface area contributed by atoms with E-state index in [9.17, 15) is 0 Å². The molecule has 3 rings (SSSR count). The molecular formula is C12H13N5OS. The first-order chi connectivity index (χ1) is 9.15. The second-order valence-corrected chi connectivity index (χ2v) is 4.78. The highest BCUT2D eigenvalue weighted by Crippen LogP contribution is 2.15. The number of aromatic amines is 1. The lowest BCUT2D eigenvalue weighted by molar-refractivity contribution is 0.368. The summed E-state index contributed by atoms with van der Waals surface area (Å²) in [6, 6.07) is 1.96. The van der Waals surface area contributed by atoms with Gasteiger partial charge in [-0.1, -0.05) is 5.16 Å². The zero-order valence-electron chi connectivity index (χ0n) is 10.7. The topological polar surface area (TPSA) is 72.5 Å². The molecule has 6 nitrogen and oxygen atoms in total. The summed E-state index contributed by atoms with van der Waals surface area (Å²) in [5.74, 6) is 1.26. The molecule has 0 radical (unpaired) electrons. The molecule has 0 amide bonds. The molecule has 0 aliphatic rings. The van der Waals surface area contributed by atoms with Crippen LogP contribution < -0.4 is 0 Å². The summed E-state index contributed by atoms with van der Waals surface area (Å²) in [6.45, 7) is 4.49. The van der Waals surface area contributed by atoms with Crippen molar-refractivity contribution >= 4 is 23.4 Å². The van der Waals surface area contributed by atoms with Gasteiger partial charge in [-0.25, -0.2) is 4.98 Å². The molecule has 0 unspecified atom stereocenters. The Labute approximate surface area is 114 Å². The molecule has 1 N–H and O–H groups in total. The van der Waals surface area contributed by atoms with Crippen molar-refractivity contribution in [2.45, 2.75) is 26.8 Å². The molecule has 3 aromatic rings. The van der Waals surface area contributed by atoms with Gasteiger partial charge in [0, 0.05) is 19.2 Å². The largest absolute Gasteiger partial charge is 0.339 e. The minimum Gasteiger partial charge on any atom is -0.339 e. The van der Waals surface area contributed by atoms with E-state index >= 15 is 0 Å². The van der Waals surface area contributed by atoms with Gasteiger partial charge in [0.15, 0.2) is 16.2 Å². The lowest BCUT2D eigenvalue weighted by Crippen LogP contribution is -2.02. The molecule has 19 heavy (non-hydrogen) atoms. The smallest absolute Gasteiger partial charge is 0.228 e.